The normalized spacial score (nSPS) is 23.2. The van der Waals surface area contributed by atoms with Crippen LogP contribution in [0.4, 0.5) is 19.0 Å². The molecule has 0 amide bonds. The lowest BCUT2D eigenvalue weighted by Crippen LogP contribution is -2.56. The van der Waals surface area contributed by atoms with Crippen LogP contribution in [-0.2, 0) is 0 Å². The number of alkyl halides is 3. The molecular weight excluding hydrogens is 333 g/mol. The summed E-state index contributed by atoms with van der Waals surface area (Å²) in [6, 6.07) is 3.59. The number of nitrogens with one attached hydrogen (secondary N) is 1. The van der Waals surface area contributed by atoms with Crippen LogP contribution in [0.5, 0.6) is 0 Å². The SMILES string of the molecule is Cc1nc(-c2ccncc2)nc(NCC2CC(O)(C(F)(F)F)C2)c1C. The first kappa shape index (κ1) is 17.6. The quantitative estimate of drug-likeness (QED) is 0.884. The Bertz CT molecular complexity index is 758. The van der Waals surface area contributed by atoms with E-state index in [2.05, 4.69) is 20.3 Å². The molecule has 2 heterocycles. The second kappa shape index (κ2) is 6.25. The Hall–Kier alpha value is -2.22. The summed E-state index contributed by atoms with van der Waals surface area (Å²) in [4.78, 5) is 12.9. The van der Waals surface area contributed by atoms with Gasteiger partial charge in [-0.15, -0.1) is 0 Å². The smallest absolute Gasteiger partial charge is 0.380 e. The molecule has 1 fully saturated rings. The molecule has 2 aromatic heterocycles. The molecule has 134 valence electrons. The van der Waals surface area contributed by atoms with Crippen molar-refractivity contribution in [2.75, 3.05) is 11.9 Å². The minimum absolute atomic E-state index is 0.245. The van der Waals surface area contributed by atoms with Gasteiger partial charge in [-0.05, 0) is 44.7 Å². The van der Waals surface area contributed by atoms with Gasteiger partial charge in [0.05, 0.1) is 0 Å². The Kier molecular flexibility index (Phi) is 4.40. The van der Waals surface area contributed by atoms with Crippen molar-refractivity contribution in [3.63, 3.8) is 0 Å². The molecule has 1 aliphatic rings. The summed E-state index contributed by atoms with van der Waals surface area (Å²) >= 11 is 0. The number of halogens is 3. The van der Waals surface area contributed by atoms with Gasteiger partial charge in [0, 0.05) is 35.8 Å². The second-order valence-electron chi connectivity index (χ2n) is 6.53. The molecule has 0 aliphatic heterocycles. The zero-order chi connectivity index (χ0) is 18.2. The highest BCUT2D eigenvalue weighted by Gasteiger charge is 2.60. The Morgan fingerprint density at radius 3 is 2.44 bits per heavy atom. The van der Waals surface area contributed by atoms with E-state index in [9.17, 15) is 18.3 Å². The standard InChI is InChI=1S/C17H19F3N4O/c1-10-11(2)23-15(13-3-5-21-6-4-13)24-14(10)22-9-12-7-16(25,8-12)17(18,19)20/h3-6,12,25H,7-9H2,1-2H3,(H,22,23,24). The number of rotatable bonds is 4. The first-order valence-corrected chi connectivity index (χ1v) is 7.98. The van der Waals surface area contributed by atoms with Crippen LogP contribution in [0.25, 0.3) is 11.4 Å². The Labute approximate surface area is 143 Å². The van der Waals surface area contributed by atoms with Gasteiger partial charge < -0.3 is 10.4 Å². The summed E-state index contributed by atoms with van der Waals surface area (Å²) in [5, 5.41) is 12.6. The molecule has 0 radical (unpaired) electrons. The summed E-state index contributed by atoms with van der Waals surface area (Å²) in [5.74, 6) is 0.890. The van der Waals surface area contributed by atoms with Gasteiger partial charge in [-0.25, -0.2) is 9.97 Å². The third kappa shape index (κ3) is 3.44. The van der Waals surface area contributed by atoms with E-state index in [4.69, 9.17) is 0 Å². The van der Waals surface area contributed by atoms with Crippen molar-refractivity contribution in [3.05, 3.63) is 35.8 Å². The molecule has 8 heteroatoms. The van der Waals surface area contributed by atoms with Gasteiger partial charge in [-0.1, -0.05) is 0 Å². The van der Waals surface area contributed by atoms with Crippen LogP contribution in [-0.4, -0.2) is 38.4 Å². The summed E-state index contributed by atoms with van der Waals surface area (Å²) in [7, 11) is 0. The summed E-state index contributed by atoms with van der Waals surface area (Å²) in [6.45, 7) is 4.05. The third-order valence-electron chi connectivity index (χ3n) is 4.67. The fourth-order valence-corrected chi connectivity index (χ4v) is 2.94. The van der Waals surface area contributed by atoms with Crippen LogP contribution in [0.1, 0.15) is 24.1 Å². The van der Waals surface area contributed by atoms with Crippen molar-refractivity contribution in [1.29, 1.82) is 0 Å². The monoisotopic (exact) mass is 352 g/mol. The molecule has 0 unspecified atom stereocenters. The van der Waals surface area contributed by atoms with E-state index >= 15 is 0 Å². The van der Waals surface area contributed by atoms with Gasteiger partial charge in [0.25, 0.3) is 0 Å². The summed E-state index contributed by atoms with van der Waals surface area (Å²) in [5.41, 5.74) is -0.0813. The molecule has 1 aliphatic carbocycles. The fourth-order valence-electron chi connectivity index (χ4n) is 2.94. The maximum absolute atomic E-state index is 12.7. The van der Waals surface area contributed by atoms with Gasteiger partial charge in [0.15, 0.2) is 11.4 Å². The molecule has 5 nitrogen and oxygen atoms in total. The van der Waals surface area contributed by atoms with Crippen molar-refractivity contribution in [2.24, 2.45) is 5.92 Å². The Balaban J connectivity index is 1.70. The maximum Gasteiger partial charge on any atom is 0.417 e. The largest absolute Gasteiger partial charge is 0.417 e. The number of hydrogen-bond donors (Lipinski definition) is 2. The van der Waals surface area contributed by atoms with Gasteiger partial charge in [0.1, 0.15) is 5.82 Å². The first-order valence-electron chi connectivity index (χ1n) is 7.98. The molecule has 2 aromatic rings. The molecular formula is C17H19F3N4O. The predicted octanol–water partition coefficient (Wildman–Crippen LogP) is 3.27. The van der Waals surface area contributed by atoms with Gasteiger partial charge in [-0.2, -0.15) is 13.2 Å². The average molecular weight is 352 g/mol. The summed E-state index contributed by atoms with van der Waals surface area (Å²) < 4.78 is 38.0. The predicted molar refractivity (Wildman–Crippen MR) is 87.0 cm³/mol. The van der Waals surface area contributed by atoms with Crippen LogP contribution in [0.15, 0.2) is 24.5 Å². The molecule has 0 spiro atoms. The number of aryl methyl sites for hydroxylation is 1. The van der Waals surface area contributed by atoms with Crippen molar-refractivity contribution >= 4 is 5.82 Å². The summed E-state index contributed by atoms with van der Waals surface area (Å²) in [6.07, 6.45) is -1.85. The average Bonchev–Trinajstić information content (AvgIpc) is 2.53. The lowest BCUT2D eigenvalue weighted by atomic mass is 9.70. The number of hydrogen-bond acceptors (Lipinski definition) is 5. The van der Waals surface area contributed by atoms with Gasteiger partial charge in [-0.3, -0.25) is 4.98 Å². The minimum Gasteiger partial charge on any atom is -0.380 e. The van der Waals surface area contributed by atoms with Gasteiger partial charge >= 0.3 is 6.18 Å². The van der Waals surface area contributed by atoms with Crippen molar-refractivity contribution in [2.45, 2.75) is 38.5 Å². The maximum atomic E-state index is 12.7. The van der Waals surface area contributed by atoms with Crippen LogP contribution in [0, 0.1) is 19.8 Å². The molecule has 0 saturated heterocycles. The van der Waals surface area contributed by atoms with E-state index in [1.165, 1.54) is 0 Å². The zero-order valence-electron chi connectivity index (χ0n) is 13.9. The minimum atomic E-state index is -4.57. The van der Waals surface area contributed by atoms with E-state index < -0.39 is 11.8 Å². The van der Waals surface area contributed by atoms with E-state index in [1.54, 1.807) is 24.5 Å². The van der Waals surface area contributed by atoms with Crippen molar-refractivity contribution < 1.29 is 18.3 Å². The topological polar surface area (TPSA) is 70.9 Å². The zero-order valence-corrected chi connectivity index (χ0v) is 13.9. The molecule has 0 aromatic carbocycles. The lowest BCUT2D eigenvalue weighted by Gasteiger charge is -2.44. The van der Waals surface area contributed by atoms with Crippen molar-refractivity contribution in [1.82, 2.24) is 15.0 Å². The molecule has 0 atom stereocenters. The molecule has 3 rings (SSSR count). The number of pyridine rings is 1. The number of aliphatic hydroxyl groups is 1. The highest BCUT2D eigenvalue weighted by atomic mass is 19.4. The van der Waals surface area contributed by atoms with Crippen molar-refractivity contribution in [3.8, 4) is 11.4 Å². The van der Waals surface area contributed by atoms with Crippen LogP contribution in [0.2, 0.25) is 0 Å². The van der Waals surface area contributed by atoms with E-state index in [0.717, 1.165) is 16.8 Å². The lowest BCUT2D eigenvalue weighted by molar-refractivity contribution is -0.297. The molecule has 2 N–H and O–H groups in total. The van der Waals surface area contributed by atoms with Crippen LogP contribution >= 0.6 is 0 Å². The van der Waals surface area contributed by atoms with E-state index in [1.807, 2.05) is 13.8 Å². The first-order chi connectivity index (χ1) is 11.7. The molecule has 25 heavy (non-hydrogen) atoms. The highest BCUT2D eigenvalue weighted by Crippen LogP contribution is 2.48. The third-order valence-corrected chi connectivity index (χ3v) is 4.67. The van der Waals surface area contributed by atoms with Gasteiger partial charge in [0.2, 0.25) is 0 Å². The van der Waals surface area contributed by atoms with E-state index in [0.29, 0.717) is 18.2 Å². The second-order valence-corrected chi connectivity index (χ2v) is 6.53. The van der Waals surface area contributed by atoms with Crippen LogP contribution in [0.3, 0.4) is 0 Å². The van der Waals surface area contributed by atoms with Crippen LogP contribution < -0.4 is 5.32 Å². The number of anilines is 1. The molecule has 0 bridgehead atoms. The van der Waals surface area contributed by atoms with E-state index in [-0.39, 0.29) is 18.8 Å². The Morgan fingerprint density at radius 2 is 1.84 bits per heavy atom. The number of aromatic nitrogens is 3. The Morgan fingerprint density at radius 1 is 1.20 bits per heavy atom. The number of nitrogens with zero attached hydrogens (tertiary/aromatic N) is 3. The molecule has 1 saturated carbocycles. The highest BCUT2D eigenvalue weighted by molar-refractivity contribution is 5.59. The fraction of sp³-hybridized carbons (Fsp3) is 0.471.